The zero-order valence-electron chi connectivity index (χ0n) is 8.82. The van der Waals surface area contributed by atoms with Crippen molar-refractivity contribution in [1.29, 1.82) is 0 Å². The molecule has 1 aromatic heterocycles. The first-order valence-electron chi connectivity index (χ1n) is 5.53. The van der Waals surface area contributed by atoms with Gasteiger partial charge in [-0.1, -0.05) is 12.1 Å². The maximum absolute atomic E-state index is 11.5. The zero-order valence-corrected chi connectivity index (χ0v) is 8.82. The molecule has 4 heteroatoms. The van der Waals surface area contributed by atoms with E-state index in [1.54, 1.807) is 0 Å². The lowest BCUT2D eigenvalue weighted by Gasteiger charge is -1.97. The van der Waals surface area contributed by atoms with Crippen LogP contribution >= 0.6 is 0 Å². The van der Waals surface area contributed by atoms with Crippen LogP contribution in [-0.4, -0.2) is 15.9 Å². The molecule has 0 N–H and O–H groups in total. The second-order valence-corrected chi connectivity index (χ2v) is 4.99. The molecule has 1 heterocycles. The zero-order chi connectivity index (χ0) is 10.5. The summed E-state index contributed by atoms with van der Waals surface area (Å²) >= 11 is 0. The fourth-order valence-corrected chi connectivity index (χ4v) is 1.68. The molecule has 4 nitrogen and oxygen atoms in total. The molecule has 0 aliphatic heterocycles. The average Bonchev–Trinajstić information content (AvgIpc) is 3.10. The predicted molar refractivity (Wildman–Crippen MR) is 52.3 cm³/mol. The molecule has 2 fully saturated rings. The smallest absolute Gasteiger partial charge is 0.234 e. The van der Waals surface area contributed by atoms with Gasteiger partial charge in [0.25, 0.3) is 0 Å². The van der Waals surface area contributed by atoms with Crippen molar-refractivity contribution in [2.75, 3.05) is 0 Å². The molecule has 2 aliphatic rings. The van der Waals surface area contributed by atoms with Crippen LogP contribution in [0.25, 0.3) is 0 Å². The minimum atomic E-state index is 0.129. The minimum absolute atomic E-state index is 0.129. The Bertz CT molecular complexity index is 402. The molecule has 3 rings (SSSR count). The van der Waals surface area contributed by atoms with E-state index in [-0.39, 0.29) is 17.1 Å². The van der Waals surface area contributed by atoms with Gasteiger partial charge >= 0.3 is 0 Å². The average molecular weight is 206 g/mol. The minimum Gasteiger partial charge on any atom is -0.339 e. The lowest BCUT2D eigenvalue weighted by molar-refractivity contribution is -0.119. The van der Waals surface area contributed by atoms with Crippen LogP contribution in [0.1, 0.15) is 44.3 Å². The van der Waals surface area contributed by atoms with Crippen molar-refractivity contribution in [3.63, 3.8) is 0 Å². The molecule has 0 atom stereocenters. The molecule has 0 radical (unpaired) electrons. The summed E-state index contributed by atoms with van der Waals surface area (Å²) in [5.41, 5.74) is 0.129. The summed E-state index contributed by atoms with van der Waals surface area (Å²) in [4.78, 5) is 15.8. The Labute approximate surface area is 88.1 Å². The third-order valence-corrected chi connectivity index (χ3v) is 3.37. The number of ketones is 1. The summed E-state index contributed by atoms with van der Waals surface area (Å²) in [5, 5.41) is 3.94. The predicted octanol–water partition coefficient (Wildman–Crippen LogP) is 1.64. The fraction of sp³-hybridized carbons (Fsp3) is 0.727. The number of rotatable bonds is 4. The summed E-state index contributed by atoms with van der Waals surface area (Å²) in [6, 6.07) is 0. The lowest BCUT2D eigenvalue weighted by atomic mass is 10.1. The first-order chi connectivity index (χ1) is 7.17. The van der Waals surface area contributed by atoms with Crippen molar-refractivity contribution in [3.8, 4) is 0 Å². The van der Waals surface area contributed by atoms with E-state index in [1.165, 1.54) is 0 Å². The molecule has 80 valence electrons. The van der Waals surface area contributed by atoms with Crippen LogP contribution in [-0.2, 0) is 16.6 Å². The quantitative estimate of drug-likeness (QED) is 0.751. The molecule has 15 heavy (non-hydrogen) atoms. The van der Waals surface area contributed by atoms with Gasteiger partial charge in [0.1, 0.15) is 5.78 Å². The van der Waals surface area contributed by atoms with Crippen LogP contribution in [0.5, 0.6) is 0 Å². The van der Waals surface area contributed by atoms with Gasteiger partial charge in [0.05, 0.1) is 6.42 Å². The topological polar surface area (TPSA) is 56.0 Å². The summed E-state index contributed by atoms with van der Waals surface area (Å²) in [6.45, 7) is 2.13. The van der Waals surface area contributed by atoms with Gasteiger partial charge in [-0.15, -0.1) is 0 Å². The van der Waals surface area contributed by atoms with Gasteiger partial charge in [-0.2, -0.15) is 4.98 Å². The number of carbonyl (C=O) groups is 1. The number of nitrogens with zero attached hydrogens (tertiary/aromatic N) is 2. The van der Waals surface area contributed by atoms with Crippen molar-refractivity contribution in [1.82, 2.24) is 10.1 Å². The van der Waals surface area contributed by atoms with E-state index in [9.17, 15) is 4.79 Å². The van der Waals surface area contributed by atoms with Crippen LogP contribution in [0.2, 0.25) is 0 Å². The highest BCUT2D eigenvalue weighted by Crippen LogP contribution is 2.46. The van der Waals surface area contributed by atoms with Crippen LogP contribution in [0.4, 0.5) is 0 Å². The van der Waals surface area contributed by atoms with Gasteiger partial charge in [0.15, 0.2) is 5.82 Å². The highest BCUT2D eigenvalue weighted by atomic mass is 16.5. The van der Waals surface area contributed by atoms with Crippen LogP contribution < -0.4 is 0 Å². The molecule has 1 aromatic rings. The Kier molecular flexibility index (Phi) is 1.75. The molecular weight excluding hydrogens is 192 g/mol. The Balaban J connectivity index is 1.70. The Morgan fingerprint density at radius 1 is 1.53 bits per heavy atom. The number of aromatic nitrogens is 2. The Hall–Kier alpha value is -1.19. The van der Waals surface area contributed by atoms with Crippen LogP contribution in [0.3, 0.4) is 0 Å². The van der Waals surface area contributed by atoms with Gasteiger partial charge in [-0.25, -0.2) is 0 Å². The second-order valence-electron chi connectivity index (χ2n) is 4.99. The molecule has 2 aliphatic carbocycles. The highest BCUT2D eigenvalue weighted by molar-refractivity contribution is 5.84. The summed E-state index contributed by atoms with van der Waals surface area (Å²) in [7, 11) is 0. The van der Waals surface area contributed by atoms with E-state index in [2.05, 4.69) is 17.1 Å². The first-order valence-corrected chi connectivity index (χ1v) is 5.53. The highest BCUT2D eigenvalue weighted by Gasteiger charge is 2.43. The molecule has 0 bridgehead atoms. The van der Waals surface area contributed by atoms with Crippen molar-refractivity contribution in [3.05, 3.63) is 11.7 Å². The fourth-order valence-electron chi connectivity index (χ4n) is 1.68. The Morgan fingerprint density at radius 3 is 2.87 bits per heavy atom. The van der Waals surface area contributed by atoms with Gasteiger partial charge in [0.2, 0.25) is 5.89 Å². The maximum Gasteiger partial charge on any atom is 0.234 e. The maximum atomic E-state index is 11.5. The summed E-state index contributed by atoms with van der Waals surface area (Å²) in [5.74, 6) is 1.80. The Morgan fingerprint density at radius 2 is 2.27 bits per heavy atom. The third-order valence-electron chi connectivity index (χ3n) is 3.37. The number of Topliss-reactive ketones (excluding diaryl/α,β-unsaturated/α-hetero) is 1. The van der Waals surface area contributed by atoms with Gasteiger partial charge < -0.3 is 4.52 Å². The van der Waals surface area contributed by atoms with Gasteiger partial charge in [-0.3, -0.25) is 4.79 Å². The molecule has 2 saturated carbocycles. The summed E-state index contributed by atoms with van der Waals surface area (Å²) < 4.78 is 5.10. The number of carbonyl (C=O) groups excluding carboxylic acids is 1. The van der Waals surface area contributed by atoms with Crippen LogP contribution in [0, 0.1) is 5.92 Å². The number of hydrogen-bond donors (Lipinski definition) is 0. The molecule has 0 aromatic carbocycles. The molecule has 0 spiro atoms. The molecule has 0 unspecified atom stereocenters. The van der Waals surface area contributed by atoms with E-state index >= 15 is 0 Å². The number of hydrogen-bond acceptors (Lipinski definition) is 4. The summed E-state index contributed by atoms with van der Waals surface area (Å²) in [6.07, 6.45) is 4.66. The molecule has 0 amide bonds. The SMILES string of the molecule is CC1(c2noc(CC(=O)C3CC3)n2)CC1. The van der Waals surface area contributed by atoms with Crippen LogP contribution in [0.15, 0.2) is 4.52 Å². The second kappa shape index (κ2) is 2.90. The monoisotopic (exact) mass is 206 g/mol. The third kappa shape index (κ3) is 1.68. The van der Waals surface area contributed by atoms with Gasteiger partial charge in [-0.05, 0) is 25.7 Å². The molecule has 0 saturated heterocycles. The largest absolute Gasteiger partial charge is 0.339 e. The van der Waals surface area contributed by atoms with E-state index in [1.807, 2.05) is 0 Å². The van der Waals surface area contributed by atoms with E-state index in [0.29, 0.717) is 12.3 Å². The lowest BCUT2D eigenvalue weighted by Crippen LogP contribution is -2.06. The van der Waals surface area contributed by atoms with E-state index < -0.39 is 0 Å². The van der Waals surface area contributed by atoms with Crippen molar-refractivity contribution in [2.24, 2.45) is 5.92 Å². The standard InChI is InChI=1S/C11H14N2O2/c1-11(4-5-11)10-12-9(15-13-10)6-8(14)7-2-3-7/h7H,2-6H2,1H3. The first kappa shape index (κ1) is 9.07. The van der Waals surface area contributed by atoms with E-state index in [0.717, 1.165) is 31.5 Å². The normalized spacial score (nSPS) is 22.7. The van der Waals surface area contributed by atoms with Crippen molar-refractivity contribution >= 4 is 5.78 Å². The van der Waals surface area contributed by atoms with Crippen molar-refractivity contribution < 1.29 is 9.32 Å². The molecular formula is C11H14N2O2. The van der Waals surface area contributed by atoms with Crippen molar-refractivity contribution in [2.45, 2.75) is 44.4 Å². The van der Waals surface area contributed by atoms with E-state index in [4.69, 9.17) is 4.52 Å². The van der Waals surface area contributed by atoms with Gasteiger partial charge in [0, 0.05) is 11.3 Å².